The molecule has 0 rings (SSSR count). The van der Waals surface area contributed by atoms with Crippen molar-refractivity contribution in [2.45, 2.75) is 18.9 Å². The number of aliphatic hydroxyl groups is 2. The SMILES string of the molecule is NCCCN(CCCN)C[C@@H](O)CO. The molecule has 0 aliphatic rings. The van der Waals surface area contributed by atoms with Gasteiger partial charge in [-0.3, -0.25) is 0 Å². The number of aliphatic hydroxyl groups excluding tert-OH is 2. The minimum Gasteiger partial charge on any atom is -0.394 e. The van der Waals surface area contributed by atoms with Crippen molar-refractivity contribution in [1.82, 2.24) is 4.90 Å². The molecule has 0 aliphatic carbocycles. The molecule has 1 atom stereocenters. The highest BCUT2D eigenvalue weighted by Crippen LogP contribution is 1.96. The van der Waals surface area contributed by atoms with Gasteiger partial charge in [0.1, 0.15) is 0 Å². The largest absolute Gasteiger partial charge is 0.394 e. The molecule has 86 valence electrons. The number of hydrogen-bond acceptors (Lipinski definition) is 5. The van der Waals surface area contributed by atoms with Crippen LogP contribution in [0.3, 0.4) is 0 Å². The van der Waals surface area contributed by atoms with Crippen LogP contribution in [0.4, 0.5) is 0 Å². The molecule has 0 aliphatic heterocycles. The average Bonchev–Trinajstić information content (AvgIpc) is 2.21. The molecule has 0 amide bonds. The number of hydrogen-bond donors (Lipinski definition) is 4. The summed E-state index contributed by atoms with van der Waals surface area (Å²) in [4.78, 5) is 2.08. The second-order valence-electron chi connectivity index (χ2n) is 3.42. The van der Waals surface area contributed by atoms with Crippen LogP contribution in [-0.4, -0.2) is 60.5 Å². The maximum Gasteiger partial charge on any atom is 0.0897 e. The molecule has 0 fully saturated rings. The first-order chi connectivity index (χ1) is 6.74. The van der Waals surface area contributed by atoms with Gasteiger partial charge in [0.2, 0.25) is 0 Å². The monoisotopic (exact) mass is 205 g/mol. The fourth-order valence-electron chi connectivity index (χ4n) is 1.28. The summed E-state index contributed by atoms with van der Waals surface area (Å²) < 4.78 is 0. The van der Waals surface area contributed by atoms with Crippen LogP contribution in [0.1, 0.15) is 12.8 Å². The highest BCUT2D eigenvalue weighted by atomic mass is 16.3. The van der Waals surface area contributed by atoms with E-state index in [0.29, 0.717) is 19.6 Å². The smallest absolute Gasteiger partial charge is 0.0897 e. The van der Waals surface area contributed by atoms with E-state index in [9.17, 15) is 5.11 Å². The van der Waals surface area contributed by atoms with Crippen molar-refractivity contribution in [3.05, 3.63) is 0 Å². The summed E-state index contributed by atoms with van der Waals surface area (Å²) in [5.74, 6) is 0. The van der Waals surface area contributed by atoms with Gasteiger partial charge in [-0.2, -0.15) is 0 Å². The van der Waals surface area contributed by atoms with E-state index in [0.717, 1.165) is 25.9 Å². The molecular formula is C9H23N3O2. The van der Waals surface area contributed by atoms with E-state index >= 15 is 0 Å². The predicted octanol–water partition coefficient (Wildman–Crippen LogP) is -1.66. The van der Waals surface area contributed by atoms with Crippen LogP contribution < -0.4 is 11.5 Å². The van der Waals surface area contributed by atoms with E-state index in [-0.39, 0.29) is 6.61 Å². The minimum absolute atomic E-state index is 0.193. The average molecular weight is 205 g/mol. The Morgan fingerprint density at radius 1 is 1.07 bits per heavy atom. The maximum atomic E-state index is 9.27. The van der Waals surface area contributed by atoms with Gasteiger partial charge in [-0.1, -0.05) is 0 Å². The molecule has 6 N–H and O–H groups in total. The third-order valence-electron chi connectivity index (χ3n) is 2.04. The van der Waals surface area contributed by atoms with E-state index in [1.807, 2.05) is 0 Å². The summed E-state index contributed by atoms with van der Waals surface area (Å²) in [7, 11) is 0. The first-order valence-electron chi connectivity index (χ1n) is 5.16. The Kier molecular flexibility index (Phi) is 9.23. The lowest BCUT2D eigenvalue weighted by Gasteiger charge is -2.23. The van der Waals surface area contributed by atoms with Crippen LogP contribution in [0, 0.1) is 0 Å². The van der Waals surface area contributed by atoms with Crippen molar-refractivity contribution in [2.75, 3.05) is 39.3 Å². The number of nitrogens with two attached hydrogens (primary N) is 2. The Bertz CT molecular complexity index is 117. The van der Waals surface area contributed by atoms with E-state index in [2.05, 4.69) is 4.90 Å². The van der Waals surface area contributed by atoms with Gasteiger partial charge in [-0.05, 0) is 39.0 Å². The zero-order valence-electron chi connectivity index (χ0n) is 8.73. The summed E-state index contributed by atoms with van der Waals surface area (Å²) in [5.41, 5.74) is 10.8. The first kappa shape index (κ1) is 13.8. The van der Waals surface area contributed by atoms with Gasteiger partial charge in [0.05, 0.1) is 12.7 Å². The topological polar surface area (TPSA) is 95.7 Å². The Balaban J connectivity index is 3.71. The van der Waals surface area contributed by atoms with Crippen LogP contribution >= 0.6 is 0 Å². The quantitative estimate of drug-likeness (QED) is 0.361. The lowest BCUT2D eigenvalue weighted by atomic mass is 10.3. The molecule has 0 saturated carbocycles. The molecule has 0 heterocycles. The normalized spacial score (nSPS) is 13.5. The molecule has 0 aromatic rings. The van der Waals surface area contributed by atoms with Gasteiger partial charge in [-0.15, -0.1) is 0 Å². The van der Waals surface area contributed by atoms with Crippen LogP contribution in [0.15, 0.2) is 0 Å². The van der Waals surface area contributed by atoms with E-state index < -0.39 is 6.10 Å². The first-order valence-corrected chi connectivity index (χ1v) is 5.16. The van der Waals surface area contributed by atoms with Gasteiger partial charge in [-0.25, -0.2) is 0 Å². The standard InChI is InChI=1S/C9H23N3O2/c10-3-1-5-12(6-2-4-11)7-9(14)8-13/h9,13-14H,1-8,10-11H2/t9-/m1/s1. The molecule has 0 spiro atoms. The number of nitrogens with zero attached hydrogens (tertiary/aromatic N) is 1. The summed E-state index contributed by atoms with van der Waals surface area (Å²) in [6.45, 7) is 3.31. The maximum absolute atomic E-state index is 9.27. The molecule has 0 bridgehead atoms. The van der Waals surface area contributed by atoms with Crippen molar-refractivity contribution in [3.63, 3.8) is 0 Å². The Labute approximate surface area is 85.7 Å². The van der Waals surface area contributed by atoms with Crippen molar-refractivity contribution >= 4 is 0 Å². The van der Waals surface area contributed by atoms with Crippen molar-refractivity contribution in [1.29, 1.82) is 0 Å². The zero-order valence-corrected chi connectivity index (χ0v) is 8.73. The molecule has 0 unspecified atom stereocenters. The molecule has 14 heavy (non-hydrogen) atoms. The molecule has 5 nitrogen and oxygen atoms in total. The molecular weight excluding hydrogens is 182 g/mol. The molecule has 0 aromatic carbocycles. The van der Waals surface area contributed by atoms with E-state index in [4.69, 9.17) is 16.6 Å². The van der Waals surface area contributed by atoms with Gasteiger partial charge in [0.15, 0.2) is 0 Å². The summed E-state index contributed by atoms with van der Waals surface area (Å²) in [6.07, 6.45) is 1.15. The van der Waals surface area contributed by atoms with Crippen molar-refractivity contribution in [2.24, 2.45) is 11.5 Å². The molecule has 0 saturated heterocycles. The highest BCUT2D eigenvalue weighted by Gasteiger charge is 2.09. The third kappa shape index (κ3) is 7.23. The second-order valence-corrected chi connectivity index (χ2v) is 3.42. The van der Waals surface area contributed by atoms with Crippen LogP contribution in [0.5, 0.6) is 0 Å². The van der Waals surface area contributed by atoms with Crippen molar-refractivity contribution in [3.8, 4) is 0 Å². The minimum atomic E-state index is -0.662. The Hall–Kier alpha value is -0.200. The second kappa shape index (κ2) is 9.36. The van der Waals surface area contributed by atoms with Gasteiger partial charge in [0, 0.05) is 6.54 Å². The summed E-state index contributed by atoms with van der Waals surface area (Å²) >= 11 is 0. The van der Waals surface area contributed by atoms with Gasteiger partial charge >= 0.3 is 0 Å². The fraction of sp³-hybridized carbons (Fsp3) is 1.00. The molecule has 0 aromatic heterocycles. The van der Waals surface area contributed by atoms with E-state index in [1.54, 1.807) is 0 Å². The Morgan fingerprint density at radius 3 is 1.93 bits per heavy atom. The summed E-state index contributed by atoms with van der Waals surface area (Å²) in [5, 5.41) is 18.0. The number of rotatable bonds is 9. The lowest BCUT2D eigenvalue weighted by molar-refractivity contribution is 0.0587. The van der Waals surface area contributed by atoms with Gasteiger partial charge in [0.25, 0.3) is 0 Å². The predicted molar refractivity (Wildman–Crippen MR) is 56.9 cm³/mol. The summed E-state index contributed by atoms with van der Waals surface area (Å²) in [6, 6.07) is 0. The molecule has 0 radical (unpaired) electrons. The molecule has 5 heteroatoms. The van der Waals surface area contributed by atoms with Gasteiger partial charge < -0.3 is 26.6 Å². The van der Waals surface area contributed by atoms with E-state index in [1.165, 1.54) is 0 Å². The van der Waals surface area contributed by atoms with Crippen LogP contribution in [0.25, 0.3) is 0 Å². The lowest BCUT2D eigenvalue weighted by Crippen LogP contribution is -2.37. The highest BCUT2D eigenvalue weighted by molar-refractivity contribution is 4.64. The fourth-order valence-corrected chi connectivity index (χ4v) is 1.28. The van der Waals surface area contributed by atoms with Crippen molar-refractivity contribution < 1.29 is 10.2 Å². The third-order valence-corrected chi connectivity index (χ3v) is 2.04. The zero-order chi connectivity index (χ0) is 10.8. The van der Waals surface area contributed by atoms with Crippen LogP contribution in [-0.2, 0) is 0 Å². The Morgan fingerprint density at radius 2 is 1.57 bits per heavy atom. The van der Waals surface area contributed by atoms with Crippen LogP contribution in [0.2, 0.25) is 0 Å².